The molecule has 3 nitrogen and oxygen atoms in total. The fourth-order valence-electron chi connectivity index (χ4n) is 2.59. The van der Waals surface area contributed by atoms with Gasteiger partial charge in [0.1, 0.15) is 6.29 Å². The van der Waals surface area contributed by atoms with Gasteiger partial charge in [-0.15, -0.1) is 0 Å². The Morgan fingerprint density at radius 1 is 1.20 bits per heavy atom. The lowest BCUT2D eigenvalue weighted by atomic mass is 9.98. The molecule has 0 atom stereocenters. The van der Waals surface area contributed by atoms with E-state index >= 15 is 0 Å². The summed E-state index contributed by atoms with van der Waals surface area (Å²) in [5, 5.41) is 0. The lowest BCUT2D eigenvalue weighted by Gasteiger charge is -2.32. The number of anilines is 1. The minimum Gasteiger partial charge on any atom is -0.378 e. The van der Waals surface area contributed by atoms with E-state index in [4.69, 9.17) is 0 Å². The van der Waals surface area contributed by atoms with Gasteiger partial charge in [0.25, 0.3) is 0 Å². The van der Waals surface area contributed by atoms with Crippen molar-refractivity contribution < 1.29 is 4.79 Å². The highest BCUT2D eigenvalue weighted by molar-refractivity contribution is 5.57. The van der Waals surface area contributed by atoms with Crippen molar-refractivity contribution in [2.75, 3.05) is 32.1 Å². The number of carbonyl (C=O) groups excluding carboxylic acids is 1. The number of hydrogen-bond donors (Lipinski definition) is 0. The third-order valence-electron chi connectivity index (χ3n) is 4.02. The topological polar surface area (TPSA) is 23.6 Å². The zero-order chi connectivity index (χ0) is 14.5. The highest BCUT2D eigenvalue weighted by Gasteiger charge is 2.18. The fourth-order valence-corrected chi connectivity index (χ4v) is 2.59. The zero-order valence-electron chi connectivity index (χ0n) is 12.7. The number of carbonyl (C=O) groups is 1. The van der Waals surface area contributed by atoms with Crippen LogP contribution in [-0.4, -0.2) is 38.4 Å². The number of benzene rings is 1. The molecular weight excluding hydrogens is 248 g/mol. The monoisotopic (exact) mass is 272 g/mol. The van der Waals surface area contributed by atoms with Gasteiger partial charge in [0.15, 0.2) is 0 Å². The molecule has 1 aliphatic heterocycles. The van der Waals surface area contributed by atoms with Crippen LogP contribution in [0.3, 0.4) is 0 Å². The van der Waals surface area contributed by atoms with Crippen LogP contribution >= 0.6 is 0 Å². The molecule has 0 unspecified atom stereocenters. The summed E-state index contributed by atoms with van der Waals surface area (Å²) in [4.78, 5) is 15.3. The van der Waals surface area contributed by atoms with E-state index in [2.05, 4.69) is 47.1 Å². The van der Waals surface area contributed by atoms with Crippen LogP contribution < -0.4 is 4.90 Å². The molecule has 0 saturated carbocycles. The number of piperidine rings is 1. The summed E-state index contributed by atoms with van der Waals surface area (Å²) in [5.41, 5.74) is 3.73. The summed E-state index contributed by atoms with van der Waals surface area (Å²) in [5.74, 6) is 0.262. The molecule has 2 rings (SSSR count). The standard InChI is InChI=1S/C17H24N2O/c1-14(19-10-8-16(13-20)9-11-19)12-15-4-6-17(7-5-15)18(2)3/h4-7,12-13,16H,8-11H2,1-3H3. The van der Waals surface area contributed by atoms with E-state index in [1.54, 1.807) is 0 Å². The molecule has 1 fully saturated rings. The van der Waals surface area contributed by atoms with E-state index in [1.807, 2.05) is 14.1 Å². The van der Waals surface area contributed by atoms with E-state index < -0.39 is 0 Å². The zero-order valence-corrected chi connectivity index (χ0v) is 12.7. The first kappa shape index (κ1) is 14.6. The maximum atomic E-state index is 10.8. The van der Waals surface area contributed by atoms with Crippen molar-refractivity contribution >= 4 is 18.0 Å². The molecule has 0 N–H and O–H groups in total. The smallest absolute Gasteiger partial charge is 0.123 e. The van der Waals surface area contributed by atoms with Crippen molar-refractivity contribution in [3.8, 4) is 0 Å². The molecule has 1 aromatic carbocycles. The maximum Gasteiger partial charge on any atom is 0.123 e. The van der Waals surface area contributed by atoms with Crippen molar-refractivity contribution in [3.63, 3.8) is 0 Å². The predicted molar refractivity (Wildman–Crippen MR) is 84.8 cm³/mol. The number of aldehydes is 1. The second kappa shape index (κ2) is 6.60. The molecule has 1 aromatic rings. The van der Waals surface area contributed by atoms with Crippen LogP contribution in [0.5, 0.6) is 0 Å². The minimum absolute atomic E-state index is 0.262. The molecule has 20 heavy (non-hydrogen) atoms. The highest BCUT2D eigenvalue weighted by atomic mass is 16.1. The third kappa shape index (κ3) is 3.62. The summed E-state index contributed by atoms with van der Waals surface area (Å²) in [6, 6.07) is 8.57. The van der Waals surface area contributed by atoms with E-state index in [9.17, 15) is 4.79 Å². The molecular formula is C17H24N2O. The quantitative estimate of drug-likeness (QED) is 0.787. The Labute approximate surface area is 121 Å². The largest absolute Gasteiger partial charge is 0.378 e. The third-order valence-corrected chi connectivity index (χ3v) is 4.02. The van der Waals surface area contributed by atoms with Crippen LogP contribution in [0, 0.1) is 5.92 Å². The molecule has 0 aromatic heterocycles. The van der Waals surface area contributed by atoms with Crippen LogP contribution in [0.2, 0.25) is 0 Å². The Morgan fingerprint density at radius 3 is 2.30 bits per heavy atom. The molecule has 108 valence electrons. The number of rotatable bonds is 4. The van der Waals surface area contributed by atoms with Gasteiger partial charge < -0.3 is 14.6 Å². The SMILES string of the molecule is CC(=Cc1ccc(N(C)C)cc1)N1CCC(C=O)CC1. The van der Waals surface area contributed by atoms with Gasteiger partial charge in [0, 0.05) is 44.5 Å². The predicted octanol–water partition coefficient (Wildman–Crippen LogP) is 3.02. The molecule has 0 spiro atoms. The molecule has 0 radical (unpaired) electrons. The molecule has 0 bridgehead atoms. The summed E-state index contributed by atoms with van der Waals surface area (Å²) in [7, 11) is 4.10. The number of hydrogen-bond acceptors (Lipinski definition) is 3. The van der Waals surface area contributed by atoms with Gasteiger partial charge in [0.05, 0.1) is 0 Å². The summed E-state index contributed by atoms with van der Waals surface area (Å²) in [6.45, 7) is 4.13. The molecule has 0 aliphatic carbocycles. The average molecular weight is 272 g/mol. The Balaban J connectivity index is 2.01. The first-order valence-corrected chi connectivity index (χ1v) is 7.26. The lowest BCUT2D eigenvalue weighted by Crippen LogP contribution is -2.32. The minimum atomic E-state index is 0.262. The van der Waals surface area contributed by atoms with Gasteiger partial charge in [-0.1, -0.05) is 12.1 Å². The Morgan fingerprint density at radius 2 is 1.80 bits per heavy atom. The van der Waals surface area contributed by atoms with Gasteiger partial charge in [-0.05, 0) is 43.5 Å². The number of allylic oxidation sites excluding steroid dienone is 1. The normalized spacial score (nSPS) is 17.1. The van der Waals surface area contributed by atoms with Crippen molar-refractivity contribution in [1.82, 2.24) is 4.90 Å². The Hall–Kier alpha value is -1.77. The highest BCUT2D eigenvalue weighted by Crippen LogP contribution is 2.21. The summed E-state index contributed by atoms with van der Waals surface area (Å²) < 4.78 is 0. The van der Waals surface area contributed by atoms with E-state index in [-0.39, 0.29) is 5.92 Å². The second-order valence-corrected chi connectivity index (χ2v) is 5.73. The van der Waals surface area contributed by atoms with Gasteiger partial charge in [-0.25, -0.2) is 0 Å². The first-order valence-electron chi connectivity index (χ1n) is 7.26. The second-order valence-electron chi connectivity index (χ2n) is 5.73. The number of likely N-dealkylation sites (tertiary alicyclic amines) is 1. The van der Waals surface area contributed by atoms with Crippen LogP contribution in [0.1, 0.15) is 25.3 Å². The molecule has 0 amide bonds. The summed E-state index contributed by atoms with van der Waals surface area (Å²) >= 11 is 0. The maximum absolute atomic E-state index is 10.8. The van der Waals surface area contributed by atoms with E-state index in [1.165, 1.54) is 16.9 Å². The van der Waals surface area contributed by atoms with Gasteiger partial charge in [-0.3, -0.25) is 0 Å². The van der Waals surface area contributed by atoms with Crippen LogP contribution in [0.4, 0.5) is 5.69 Å². The Kier molecular flexibility index (Phi) is 4.83. The molecule has 1 aliphatic rings. The lowest BCUT2D eigenvalue weighted by molar-refractivity contribution is -0.112. The van der Waals surface area contributed by atoms with E-state index in [0.29, 0.717) is 0 Å². The molecule has 1 saturated heterocycles. The van der Waals surface area contributed by atoms with Crippen molar-refractivity contribution in [1.29, 1.82) is 0 Å². The van der Waals surface area contributed by atoms with Gasteiger partial charge in [-0.2, -0.15) is 0 Å². The van der Waals surface area contributed by atoms with Crippen LogP contribution in [-0.2, 0) is 4.79 Å². The number of nitrogens with zero attached hydrogens (tertiary/aromatic N) is 2. The van der Waals surface area contributed by atoms with Crippen molar-refractivity contribution in [2.24, 2.45) is 5.92 Å². The molecule has 3 heteroatoms. The molecule has 1 heterocycles. The van der Waals surface area contributed by atoms with Crippen molar-refractivity contribution in [3.05, 3.63) is 35.5 Å². The summed E-state index contributed by atoms with van der Waals surface area (Å²) in [6.07, 6.45) is 5.29. The Bertz CT molecular complexity index is 468. The van der Waals surface area contributed by atoms with Crippen molar-refractivity contribution in [2.45, 2.75) is 19.8 Å². The van der Waals surface area contributed by atoms with Gasteiger partial charge in [0.2, 0.25) is 0 Å². The van der Waals surface area contributed by atoms with E-state index in [0.717, 1.165) is 32.2 Å². The van der Waals surface area contributed by atoms with Crippen LogP contribution in [0.15, 0.2) is 30.0 Å². The fraction of sp³-hybridized carbons (Fsp3) is 0.471. The van der Waals surface area contributed by atoms with Gasteiger partial charge >= 0.3 is 0 Å². The van der Waals surface area contributed by atoms with Crippen LogP contribution in [0.25, 0.3) is 6.08 Å². The first-order chi connectivity index (χ1) is 9.60. The average Bonchev–Trinajstić information content (AvgIpc) is 2.48.